The van der Waals surface area contributed by atoms with Gasteiger partial charge < -0.3 is 15.2 Å². The largest absolute Gasteiger partial charge is 0.481 e. The van der Waals surface area contributed by atoms with Crippen LogP contribution in [0.1, 0.15) is 40.5 Å². The fraction of sp³-hybridized carbons (Fsp3) is 0.769. The maximum Gasteiger partial charge on any atom is 0.321 e. The van der Waals surface area contributed by atoms with Crippen molar-refractivity contribution >= 4 is 17.9 Å². The van der Waals surface area contributed by atoms with Gasteiger partial charge in [-0.3, -0.25) is 14.9 Å². The Morgan fingerprint density at radius 1 is 1.25 bits per heavy atom. The molecule has 0 spiro atoms. The van der Waals surface area contributed by atoms with Crippen LogP contribution in [0.3, 0.4) is 0 Å². The van der Waals surface area contributed by atoms with Crippen molar-refractivity contribution in [1.29, 1.82) is 0 Å². The third-order valence-corrected chi connectivity index (χ3v) is 2.52. The van der Waals surface area contributed by atoms with E-state index in [9.17, 15) is 14.4 Å². The van der Waals surface area contributed by atoms with Crippen molar-refractivity contribution in [3.63, 3.8) is 0 Å². The summed E-state index contributed by atoms with van der Waals surface area (Å²) in [6.07, 6.45) is -0.304. The van der Waals surface area contributed by atoms with Crippen LogP contribution in [-0.2, 0) is 14.3 Å². The zero-order valence-electron chi connectivity index (χ0n) is 12.5. The number of hydrogen-bond donors (Lipinski definition) is 3. The monoisotopic (exact) mass is 288 g/mol. The highest BCUT2D eigenvalue weighted by atomic mass is 16.5. The van der Waals surface area contributed by atoms with Crippen LogP contribution >= 0.6 is 0 Å². The molecule has 0 aromatic carbocycles. The normalized spacial score (nSPS) is 12.6. The molecule has 0 rings (SSSR count). The molecule has 20 heavy (non-hydrogen) atoms. The molecule has 0 aromatic rings. The third kappa shape index (κ3) is 9.32. The van der Waals surface area contributed by atoms with Gasteiger partial charge in [-0.1, -0.05) is 13.8 Å². The number of hydrogen-bond acceptors (Lipinski definition) is 4. The second kappa shape index (κ2) is 8.52. The average Bonchev–Trinajstić information content (AvgIpc) is 2.23. The van der Waals surface area contributed by atoms with E-state index in [1.165, 1.54) is 0 Å². The molecule has 0 aromatic heterocycles. The van der Waals surface area contributed by atoms with E-state index in [0.717, 1.165) is 0 Å². The van der Waals surface area contributed by atoms with Crippen molar-refractivity contribution in [2.75, 3.05) is 13.2 Å². The number of carboxylic acid groups (broad SMARTS) is 1. The summed E-state index contributed by atoms with van der Waals surface area (Å²) in [5.74, 6) is -1.48. The van der Waals surface area contributed by atoms with Gasteiger partial charge in [0, 0.05) is 19.6 Å². The SMILES string of the molecule is CCOC(C)CNC(=O)NC(=O)CC(C)(C)CC(=O)O. The van der Waals surface area contributed by atoms with Crippen LogP contribution in [0.5, 0.6) is 0 Å². The van der Waals surface area contributed by atoms with Crippen LogP contribution < -0.4 is 10.6 Å². The standard InChI is InChI=1S/C13H24N2O5/c1-5-20-9(2)8-14-12(19)15-10(16)6-13(3,4)7-11(17)18/h9H,5-8H2,1-4H3,(H,17,18)(H2,14,15,16,19). The molecule has 116 valence electrons. The first-order valence-corrected chi connectivity index (χ1v) is 6.57. The van der Waals surface area contributed by atoms with E-state index in [1.807, 2.05) is 13.8 Å². The molecule has 0 aliphatic heterocycles. The quantitative estimate of drug-likeness (QED) is 0.621. The Morgan fingerprint density at radius 2 is 1.85 bits per heavy atom. The Bertz CT molecular complexity index is 355. The van der Waals surface area contributed by atoms with Gasteiger partial charge in [0.25, 0.3) is 0 Å². The number of carbonyl (C=O) groups is 3. The molecule has 3 amide bonds. The molecule has 0 aliphatic carbocycles. The lowest BCUT2D eigenvalue weighted by molar-refractivity contribution is -0.139. The average molecular weight is 288 g/mol. The fourth-order valence-corrected chi connectivity index (χ4v) is 1.70. The van der Waals surface area contributed by atoms with Gasteiger partial charge in [0.1, 0.15) is 0 Å². The molecule has 7 heteroatoms. The first kappa shape index (κ1) is 18.4. The highest BCUT2D eigenvalue weighted by Crippen LogP contribution is 2.24. The molecule has 3 N–H and O–H groups in total. The minimum Gasteiger partial charge on any atom is -0.481 e. The number of amides is 3. The first-order chi connectivity index (χ1) is 9.16. The maximum absolute atomic E-state index is 11.6. The zero-order chi connectivity index (χ0) is 15.8. The summed E-state index contributed by atoms with van der Waals surface area (Å²) in [4.78, 5) is 33.7. The molecule has 1 atom stereocenters. The van der Waals surface area contributed by atoms with Gasteiger partial charge in [-0.2, -0.15) is 0 Å². The Morgan fingerprint density at radius 3 is 2.35 bits per heavy atom. The molecule has 0 fully saturated rings. The lowest BCUT2D eigenvalue weighted by Gasteiger charge is -2.21. The minimum absolute atomic E-state index is 0.0340. The summed E-state index contributed by atoms with van der Waals surface area (Å²) in [5, 5.41) is 13.4. The smallest absolute Gasteiger partial charge is 0.321 e. The van der Waals surface area contributed by atoms with E-state index in [1.54, 1.807) is 13.8 Å². The Balaban J connectivity index is 4.07. The van der Waals surface area contributed by atoms with E-state index >= 15 is 0 Å². The summed E-state index contributed by atoms with van der Waals surface area (Å²) < 4.78 is 5.23. The van der Waals surface area contributed by atoms with E-state index in [0.29, 0.717) is 13.2 Å². The minimum atomic E-state index is -0.974. The lowest BCUT2D eigenvalue weighted by atomic mass is 9.85. The summed E-state index contributed by atoms with van der Waals surface area (Å²) in [6, 6.07) is -0.604. The molecule has 0 heterocycles. The number of nitrogens with one attached hydrogen (secondary N) is 2. The summed E-state index contributed by atoms with van der Waals surface area (Å²) in [6.45, 7) is 7.83. The van der Waals surface area contributed by atoms with Crippen molar-refractivity contribution in [2.45, 2.75) is 46.6 Å². The predicted molar refractivity (Wildman–Crippen MR) is 73.3 cm³/mol. The first-order valence-electron chi connectivity index (χ1n) is 6.57. The Kier molecular flexibility index (Phi) is 7.83. The molecule has 0 radical (unpaired) electrons. The number of urea groups is 1. The lowest BCUT2D eigenvalue weighted by Crippen LogP contribution is -2.43. The van der Waals surface area contributed by atoms with E-state index in [4.69, 9.17) is 9.84 Å². The molecule has 7 nitrogen and oxygen atoms in total. The molecule has 0 saturated carbocycles. The van der Waals surface area contributed by atoms with Crippen molar-refractivity contribution in [1.82, 2.24) is 10.6 Å². The number of carbonyl (C=O) groups excluding carboxylic acids is 2. The predicted octanol–water partition coefficient (Wildman–Crippen LogP) is 1.13. The van der Waals surface area contributed by atoms with Crippen LogP contribution in [0.25, 0.3) is 0 Å². The van der Waals surface area contributed by atoms with Crippen molar-refractivity contribution in [3.8, 4) is 0 Å². The summed E-state index contributed by atoms with van der Waals surface area (Å²) in [5.41, 5.74) is -0.700. The topological polar surface area (TPSA) is 105 Å². The van der Waals surface area contributed by atoms with Gasteiger partial charge in [0.2, 0.25) is 5.91 Å². The highest BCUT2D eigenvalue weighted by molar-refractivity contribution is 5.94. The summed E-state index contributed by atoms with van der Waals surface area (Å²) in [7, 11) is 0. The van der Waals surface area contributed by atoms with Crippen LogP contribution in [0.4, 0.5) is 4.79 Å². The van der Waals surface area contributed by atoms with Crippen LogP contribution in [0.15, 0.2) is 0 Å². The van der Waals surface area contributed by atoms with Gasteiger partial charge >= 0.3 is 12.0 Å². The van der Waals surface area contributed by atoms with Crippen molar-refractivity contribution < 1.29 is 24.2 Å². The number of ether oxygens (including phenoxy) is 1. The number of aliphatic carboxylic acids is 1. The van der Waals surface area contributed by atoms with Crippen LogP contribution in [-0.4, -0.2) is 42.3 Å². The fourth-order valence-electron chi connectivity index (χ4n) is 1.70. The Labute approximate surface area is 119 Å². The number of imide groups is 1. The maximum atomic E-state index is 11.6. The second-order valence-electron chi connectivity index (χ2n) is 5.44. The molecular formula is C13H24N2O5. The molecular weight excluding hydrogens is 264 g/mol. The van der Waals surface area contributed by atoms with Crippen LogP contribution in [0.2, 0.25) is 0 Å². The summed E-state index contributed by atoms with van der Waals surface area (Å²) >= 11 is 0. The van der Waals surface area contributed by atoms with Gasteiger partial charge in [-0.05, 0) is 19.3 Å². The number of rotatable bonds is 8. The van der Waals surface area contributed by atoms with Crippen LogP contribution in [0, 0.1) is 5.41 Å². The highest BCUT2D eigenvalue weighted by Gasteiger charge is 2.25. The second-order valence-corrected chi connectivity index (χ2v) is 5.44. The van der Waals surface area contributed by atoms with Crippen molar-refractivity contribution in [2.24, 2.45) is 5.41 Å². The Hall–Kier alpha value is -1.63. The van der Waals surface area contributed by atoms with E-state index in [-0.39, 0.29) is 18.9 Å². The van der Waals surface area contributed by atoms with E-state index in [2.05, 4.69) is 10.6 Å². The third-order valence-electron chi connectivity index (χ3n) is 2.52. The molecule has 0 bridgehead atoms. The van der Waals surface area contributed by atoms with Crippen molar-refractivity contribution in [3.05, 3.63) is 0 Å². The molecule has 0 saturated heterocycles. The zero-order valence-corrected chi connectivity index (χ0v) is 12.5. The van der Waals surface area contributed by atoms with Gasteiger partial charge in [-0.15, -0.1) is 0 Å². The van der Waals surface area contributed by atoms with E-state index < -0.39 is 23.3 Å². The van der Waals surface area contributed by atoms with Gasteiger partial charge in [0.15, 0.2) is 0 Å². The molecule has 1 unspecified atom stereocenters. The number of carboxylic acids is 1. The van der Waals surface area contributed by atoms with Gasteiger partial charge in [-0.25, -0.2) is 4.79 Å². The molecule has 0 aliphatic rings. The van der Waals surface area contributed by atoms with Gasteiger partial charge in [0.05, 0.1) is 12.5 Å².